The molecule has 0 saturated heterocycles. The van der Waals surface area contributed by atoms with Gasteiger partial charge in [-0.1, -0.05) is 6.92 Å². The van der Waals surface area contributed by atoms with E-state index >= 15 is 0 Å². The van der Waals surface area contributed by atoms with Crippen LogP contribution in [0.4, 0.5) is 0 Å². The summed E-state index contributed by atoms with van der Waals surface area (Å²) in [6.07, 6.45) is 1.99. The van der Waals surface area contributed by atoms with E-state index < -0.39 is 0 Å². The van der Waals surface area contributed by atoms with Crippen molar-refractivity contribution in [3.05, 3.63) is 6.04 Å². The maximum Gasteiger partial charge on any atom is 0.0902 e. The maximum atomic E-state index is 3.18. The maximum absolute atomic E-state index is 3.18. The molecule has 0 aromatic heterocycles. The molecule has 1 radical (unpaired) electrons. The number of hydrogen-bond donors (Lipinski definition) is 1. The fraction of sp³-hybridized carbons (Fsp3) is 0.667. The van der Waals surface area contributed by atoms with Gasteiger partial charge < -0.3 is 9.89 Å². The second-order valence-corrected chi connectivity index (χ2v) is 2.27. The summed E-state index contributed by atoms with van der Waals surface area (Å²) >= 11 is 0. The Bertz CT molecular complexity index is 122. The molecule has 3 heteroatoms. The van der Waals surface area contributed by atoms with Gasteiger partial charge >= 0.3 is 0 Å². The van der Waals surface area contributed by atoms with Gasteiger partial charge in [-0.2, -0.15) is 0 Å². The molecular formula is C6H12N2Y. The van der Waals surface area contributed by atoms with Gasteiger partial charge in [-0.3, -0.25) is 0 Å². The first-order chi connectivity index (χ1) is 3.72. The molecule has 0 bridgehead atoms. The molecule has 2 nitrogen and oxygen atoms in total. The molecule has 1 N–H and O–H groups in total. The number of nitrogens with zero attached hydrogens (tertiary/aromatic N) is 1. The Morgan fingerprint density at radius 1 is 1.67 bits per heavy atom. The van der Waals surface area contributed by atoms with Gasteiger partial charge in [0.1, 0.15) is 0 Å². The molecule has 1 unspecified atom stereocenters. The van der Waals surface area contributed by atoms with Gasteiger partial charge in [0, 0.05) is 39.8 Å². The van der Waals surface area contributed by atoms with Crippen LogP contribution in [0.25, 0.3) is 0 Å². The average Bonchev–Trinajstić information content (AvgIpc) is 1.98. The number of nitrogens with one attached hydrogen (secondary N) is 1. The van der Waals surface area contributed by atoms with E-state index in [0.717, 1.165) is 0 Å². The predicted octanol–water partition coefficient (Wildman–Crippen LogP) is 0.198. The van der Waals surface area contributed by atoms with E-state index in [4.69, 9.17) is 0 Å². The van der Waals surface area contributed by atoms with Crippen molar-refractivity contribution in [2.24, 2.45) is 0 Å². The molecule has 0 aromatic carbocycles. The fourth-order valence-electron chi connectivity index (χ4n) is 0.751. The Kier molecular flexibility index (Phi) is 3.75. The zero-order valence-electron chi connectivity index (χ0n) is 6.18. The molecule has 0 aromatic rings. The van der Waals surface area contributed by atoms with Gasteiger partial charge in [0.25, 0.3) is 0 Å². The first-order valence-corrected chi connectivity index (χ1v) is 2.87. The SMILES string of the molecule is C[C-]1C(C)NC=[N+]1C.[Y]. The molecule has 1 aliphatic heterocycles. The van der Waals surface area contributed by atoms with E-state index in [0.29, 0.717) is 6.04 Å². The predicted molar refractivity (Wildman–Crippen MR) is 33.8 cm³/mol. The summed E-state index contributed by atoms with van der Waals surface area (Å²) in [6.45, 7) is 4.27. The van der Waals surface area contributed by atoms with Crippen LogP contribution in [0.1, 0.15) is 13.8 Å². The molecule has 1 atom stereocenters. The third-order valence-corrected chi connectivity index (χ3v) is 1.70. The summed E-state index contributed by atoms with van der Waals surface area (Å²) in [5.74, 6) is 0. The minimum Gasteiger partial charge on any atom is -0.397 e. The van der Waals surface area contributed by atoms with Gasteiger partial charge in [-0.25, -0.2) is 0 Å². The van der Waals surface area contributed by atoms with Crippen molar-refractivity contribution in [3.8, 4) is 0 Å². The molecule has 49 valence electrons. The minimum absolute atomic E-state index is 0. The average molecular weight is 201 g/mol. The largest absolute Gasteiger partial charge is 0.397 e. The first kappa shape index (κ1) is 9.44. The van der Waals surface area contributed by atoms with Gasteiger partial charge in [-0.15, -0.1) is 0 Å². The van der Waals surface area contributed by atoms with Crippen LogP contribution in [0.3, 0.4) is 0 Å². The minimum atomic E-state index is 0. The van der Waals surface area contributed by atoms with Crippen molar-refractivity contribution in [2.45, 2.75) is 19.9 Å². The Morgan fingerprint density at radius 3 is 2.33 bits per heavy atom. The second kappa shape index (κ2) is 3.57. The summed E-state index contributed by atoms with van der Waals surface area (Å²) < 4.78 is 2.10. The van der Waals surface area contributed by atoms with Gasteiger partial charge in [0.2, 0.25) is 0 Å². The van der Waals surface area contributed by atoms with E-state index in [9.17, 15) is 0 Å². The molecule has 1 rings (SSSR count). The standard InChI is InChI=1S/C6H12N2.Y/c1-5-6(2)8(3)4-7-5;/h4-5,7H,1-3H3;. The van der Waals surface area contributed by atoms with Gasteiger partial charge in [-0.05, 0) is 13.0 Å². The van der Waals surface area contributed by atoms with E-state index in [1.807, 2.05) is 13.4 Å². The van der Waals surface area contributed by atoms with Crippen molar-refractivity contribution in [2.75, 3.05) is 7.05 Å². The summed E-state index contributed by atoms with van der Waals surface area (Å²) in [5.41, 5.74) is 0. The Balaban J connectivity index is 0.000000640. The normalized spacial score (nSPS) is 24.6. The molecule has 1 aliphatic rings. The van der Waals surface area contributed by atoms with E-state index in [2.05, 4.69) is 23.7 Å². The van der Waals surface area contributed by atoms with Crippen LogP contribution >= 0.6 is 0 Å². The van der Waals surface area contributed by atoms with Gasteiger partial charge in [0.15, 0.2) is 0 Å². The van der Waals surface area contributed by atoms with Gasteiger partial charge in [0.05, 0.1) is 12.4 Å². The van der Waals surface area contributed by atoms with Crippen molar-refractivity contribution < 1.29 is 37.3 Å². The van der Waals surface area contributed by atoms with Crippen LogP contribution < -0.4 is 5.32 Å². The van der Waals surface area contributed by atoms with Crippen LogP contribution in [-0.4, -0.2) is 24.0 Å². The molecule has 0 saturated carbocycles. The third-order valence-electron chi connectivity index (χ3n) is 1.70. The fourth-order valence-corrected chi connectivity index (χ4v) is 0.751. The summed E-state index contributed by atoms with van der Waals surface area (Å²) in [5, 5.41) is 3.18. The molecular weight excluding hydrogens is 189 g/mol. The molecule has 0 fully saturated rings. The monoisotopic (exact) mass is 201 g/mol. The Labute approximate surface area is 81.6 Å². The summed E-state index contributed by atoms with van der Waals surface area (Å²) in [4.78, 5) is 0. The third kappa shape index (κ3) is 1.94. The van der Waals surface area contributed by atoms with Crippen LogP contribution in [0, 0.1) is 6.04 Å². The summed E-state index contributed by atoms with van der Waals surface area (Å²) in [6, 6.07) is 1.91. The first-order valence-electron chi connectivity index (χ1n) is 2.87. The number of hydrogen-bond acceptors (Lipinski definition) is 1. The van der Waals surface area contributed by atoms with Crippen molar-refractivity contribution >= 4 is 6.34 Å². The molecule has 0 aliphatic carbocycles. The Morgan fingerprint density at radius 2 is 2.22 bits per heavy atom. The molecule has 1 heterocycles. The van der Waals surface area contributed by atoms with Crippen LogP contribution in [0.2, 0.25) is 0 Å². The van der Waals surface area contributed by atoms with Crippen molar-refractivity contribution in [3.63, 3.8) is 0 Å². The topological polar surface area (TPSA) is 15.0 Å². The number of rotatable bonds is 0. The van der Waals surface area contributed by atoms with E-state index in [-0.39, 0.29) is 32.7 Å². The smallest absolute Gasteiger partial charge is 0.0902 e. The van der Waals surface area contributed by atoms with E-state index in [1.54, 1.807) is 0 Å². The number of likely N-dealkylation sites (N-methyl/N-ethyl adjacent to an activating group) is 1. The molecule has 9 heavy (non-hydrogen) atoms. The second-order valence-electron chi connectivity index (χ2n) is 2.27. The van der Waals surface area contributed by atoms with E-state index in [1.165, 1.54) is 6.04 Å². The van der Waals surface area contributed by atoms with Crippen LogP contribution in [-0.2, 0) is 32.7 Å². The zero-order chi connectivity index (χ0) is 6.15. The Hall–Kier alpha value is 0.444. The van der Waals surface area contributed by atoms with Crippen molar-refractivity contribution in [1.82, 2.24) is 5.32 Å². The zero-order valence-corrected chi connectivity index (χ0v) is 9.02. The van der Waals surface area contributed by atoms with Crippen LogP contribution in [0.15, 0.2) is 0 Å². The summed E-state index contributed by atoms with van der Waals surface area (Å²) in [7, 11) is 2.05. The molecule has 0 spiro atoms. The molecule has 0 amide bonds. The quantitative estimate of drug-likeness (QED) is 0.437. The van der Waals surface area contributed by atoms with Crippen LogP contribution in [0.5, 0.6) is 0 Å². The van der Waals surface area contributed by atoms with Crippen molar-refractivity contribution in [1.29, 1.82) is 0 Å².